The second-order valence-corrected chi connectivity index (χ2v) is 3.42. The van der Waals surface area contributed by atoms with Gasteiger partial charge in [0.15, 0.2) is 0 Å². The molecule has 0 aliphatic carbocycles. The number of rotatable bonds is 1. The zero-order valence-electron chi connectivity index (χ0n) is 7.28. The maximum Gasteiger partial charge on any atom is 0.0694 e. The van der Waals surface area contributed by atoms with Crippen LogP contribution in [0.1, 0.15) is 6.42 Å². The third-order valence-corrected chi connectivity index (χ3v) is 2.53. The zero-order chi connectivity index (χ0) is 8.39. The normalized spacial score (nSPS) is 34.2. The van der Waals surface area contributed by atoms with Crippen LogP contribution in [0.25, 0.3) is 0 Å². The molecule has 0 radical (unpaired) electrons. The summed E-state index contributed by atoms with van der Waals surface area (Å²) in [5, 5.41) is 13.9. The van der Waals surface area contributed by atoms with E-state index in [-0.39, 0.29) is 6.10 Å². The van der Waals surface area contributed by atoms with Gasteiger partial charge < -0.3 is 9.84 Å². The molecule has 0 amide bonds. The Labute approximate surface area is 72.7 Å². The third-order valence-electron chi connectivity index (χ3n) is 2.53. The molecule has 1 unspecified atom stereocenters. The third kappa shape index (κ3) is 1.77. The Morgan fingerprint density at radius 2 is 1.83 bits per heavy atom. The van der Waals surface area contributed by atoms with Crippen LogP contribution in [-0.2, 0) is 4.74 Å². The number of morpholine rings is 1. The lowest BCUT2D eigenvalue weighted by atomic mass is 10.3. The number of hydrogen-bond donors (Lipinski definition) is 1. The maximum absolute atomic E-state index is 9.33. The molecule has 12 heavy (non-hydrogen) atoms. The summed E-state index contributed by atoms with van der Waals surface area (Å²) >= 11 is 0. The summed E-state index contributed by atoms with van der Waals surface area (Å²) in [5.41, 5.74) is 0. The lowest BCUT2D eigenvalue weighted by Crippen LogP contribution is -2.47. The van der Waals surface area contributed by atoms with E-state index in [9.17, 15) is 5.11 Å². The Morgan fingerprint density at radius 1 is 1.08 bits per heavy atom. The van der Waals surface area contributed by atoms with Crippen molar-refractivity contribution in [3.05, 3.63) is 0 Å². The number of nitrogens with zero attached hydrogens (tertiary/aromatic N) is 2. The number of hydrogen-bond acceptors (Lipinski definition) is 4. The average Bonchev–Trinajstić information content (AvgIpc) is 2.54. The highest BCUT2D eigenvalue weighted by atomic mass is 16.5. The minimum atomic E-state index is -0.118. The molecular formula is C8H16N2O2. The SMILES string of the molecule is OC1CCN(N2CCOCC2)C1. The van der Waals surface area contributed by atoms with Crippen LogP contribution in [0.4, 0.5) is 0 Å². The predicted molar refractivity (Wildman–Crippen MR) is 44.6 cm³/mol. The Morgan fingerprint density at radius 3 is 2.42 bits per heavy atom. The Kier molecular flexibility index (Phi) is 2.60. The van der Waals surface area contributed by atoms with Gasteiger partial charge in [0.25, 0.3) is 0 Å². The van der Waals surface area contributed by atoms with Crippen molar-refractivity contribution in [1.29, 1.82) is 0 Å². The molecule has 2 heterocycles. The second kappa shape index (κ2) is 3.70. The van der Waals surface area contributed by atoms with Crippen molar-refractivity contribution >= 4 is 0 Å². The van der Waals surface area contributed by atoms with Crippen LogP contribution in [-0.4, -0.2) is 60.6 Å². The van der Waals surface area contributed by atoms with E-state index >= 15 is 0 Å². The van der Waals surface area contributed by atoms with Crippen molar-refractivity contribution in [2.45, 2.75) is 12.5 Å². The van der Waals surface area contributed by atoms with E-state index in [1.165, 1.54) is 0 Å². The van der Waals surface area contributed by atoms with Gasteiger partial charge in [-0.2, -0.15) is 0 Å². The van der Waals surface area contributed by atoms with Crippen LogP contribution in [0, 0.1) is 0 Å². The first-order valence-electron chi connectivity index (χ1n) is 4.62. The minimum absolute atomic E-state index is 0.118. The minimum Gasteiger partial charge on any atom is -0.392 e. The fourth-order valence-corrected chi connectivity index (χ4v) is 1.82. The molecule has 0 aromatic rings. The van der Waals surface area contributed by atoms with Crippen LogP contribution in [0.3, 0.4) is 0 Å². The fraction of sp³-hybridized carbons (Fsp3) is 1.00. The van der Waals surface area contributed by atoms with Gasteiger partial charge in [-0.25, -0.2) is 10.0 Å². The van der Waals surface area contributed by atoms with Crippen molar-refractivity contribution in [3.63, 3.8) is 0 Å². The van der Waals surface area contributed by atoms with Gasteiger partial charge in [-0.1, -0.05) is 0 Å². The summed E-state index contributed by atoms with van der Waals surface area (Å²) < 4.78 is 5.26. The maximum atomic E-state index is 9.33. The zero-order valence-corrected chi connectivity index (χ0v) is 7.28. The molecule has 1 atom stereocenters. The summed E-state index contributed by atoms with van der Waals surface area (Å²) in [4.78, 5) is 0. The first kappa shape index (κ1) is 8.44. The molecule has 2 fully saturated rings. The van der Waals surface area contributed by atoms with E-state index in [1.54, 1.807) is 0 Å². The van der Waals surface area contributed by atoms with Gasteiger partial charge >= 0.3 is 0 Å². The van der Waals surface area contributed by atoms with Crippen LogP contribution in [0.15, 0.2) is 0 Å². The summed E-state index contributed by atoms with van der Waals surface area (Å²) in [7, 11) is 0. The van der Waals surface area contributed by atoms with Crippen molar-refractivity contribution < 1.29 is 9.84 Å². The molecule has 2 aliphatic rings. The summed E-state index contributed by atoms with van der Waals surface area (Å²) in [6.45, 7) is 5.42. The molecule has 4 heteroatoms. The lowest BCUT2D eigenvalue weighted by Gasteiger charge is -2.34. The van der Waals surface area contributed by atoms with E-state index in [0.29, 0.717) is 0 Å². The number of hydrazine groups is 1. The predicted octanol–water partition coefficient (Wildman–Crippen LogP) is -0.700. The first-order valence-corrected chi connectivity index (χ1v) is 4.62. The molecule has 2 saturated heterocycles. The molecule has 0 spiro atoms. The van der Waals surface area contributed by atoms with E-state index in [0.717, 1.165) is 45.8 Å². The highest BCUT2D eigenvalue weighted by Crippen LogP contribution is 2.12. The monoisotopic (exact) mass is 172 g/mol. The Balaban J connectivity index is 1.83. The molecule has 0 aromatic carbocycles. The highest BCUT2D eigenvalue weighted by Gasteiger charge is 2.26. The first-order chi connectivity index (χ1) is 5.86. The highest BCUT2D eigenvalue weighted by molar-refractivity contribution is 4.74. The molecule has 0 saturated carbocycles. The van der Waals surface area contributed by atoms with Crippen LogP contribution < -0.4 is 0 Å². The van der Waals surface area contributed by atoms with Crippen molar-refractivity contribution in [1.82, 2.24) is 10.0 Å². The van der Waals surface area contributed by atoms with Gasteiger partial charge in [-0.3, -0.25) is 0 Å². The largest absolute Gasteiger partial charge is 0.392 e. The van der Waals surface area contributed by atoms with Crippen LogP contribution in [0.2, 0.25) is 0 Å². The number of ether oxygens (including phenoxy) is 1. The van der Waals surface area contributed by atoms with E-state index in [4.69, 9.17) is 4.74 Å². The quantitative estimate of drug-likeness (QED) is 0.567. The molecule has 0 aromatic heterocycles. The van der Waals surface area contributed by atoms with E-state index in [1.807, 2.05) is 0 Å². The topological polar surface area (TPSA) is 35.9 Å². The van der Waals surface area contributed by atoms with Crippen LogP contribution in [0.5, 0.6) is 0 Å². The summed E-state index contributed by atoms with van der Waals surface area (Å²) in [6, 6.07) is 0. The average molecular weight is 172 g/mol. The second-order valence-electron chi connectivity index (χ2n) is 3.42. The lowest BCUT2D eigenvalue weighted by molar-refractivity contribution is -0.0816. The number of aliphatic hydroxyl groups excluding tert-OH is 1. The van der Waals surface area contributed by atoms with Crippen molar-refractivity contribution in [2.75, 3.05) is 39.4 Å². The van der Waals surface area contributed by atoms with Crippen molar-refractivity contribution in [3.8, 4) is 0 Å². The van der Waals surface area contributed by atoms with Gasteiger partial charge in [0.1, 0.15) is 0 Å². The summed E-state index contributed by atoms with van der Waals surface area (Å²) in [5.74, 6) is 0. The number of β-amino-alcohol motifs (C(OH)–C–C–N with tert-alkyl or cyclic N) is 1. The molecule has 2 rings (SSSR count). The molecular weight excluding hydrogens is 156 g/mol. The van der Waals surface area contributed by atoms with Gasteiger partial charge in [0.2, 0.25) is 0 Å². The molecule has 4 nitrogen and oxygen atoms in total. The van der Waals surface area contributed by atoms with Gasteiger partial charge in [-0.05, 0) is 6.42 Å². The van der Waals surface area contributed by atoms with E-state index in [2.05, 4.69) is 10.0 Å². The summed E-state index contributed by atoms with van der Waals surface area (Å²) in [6.07, 6.45) is 0.796. The van der Waals surface area contributed by atoms with Gasteiger partial charge in [-0.15, -0.1) is 0 Å². The van der Waals surface area contributed by atoms with Gasteiger partial charge in [0, 0.05) is 26.2 Å². The standard InChI is InChI=1S/C8H16N2O2/c11-8-1-2-10(7-8)9-3-5-12-6-4-9/h8,11H,1-7H2. The van der Waals surface area contributed by atoms with Gasteiger partial charge in [0.05, 0.1) is 19.3 Å². The number of aliphatic hydroxyl groups is 1. The van der Waals surface area contributed by atoms with E-state index < -0.39 is 0 Å². The molecule has 70 valence electrons. The Hall–Kier alpha value is -0.160. The smallest absolute Gasteiger partial charge is 0.0694 e. The molecule has 1 N–H and O–H groups in total. The molecule has 0 bridgehead atoms. The van der Waals surface area contributed by atoms with Crippen LogP contribution >= 0.6 is 0 Å². The van der Waals surface area contributed by atoms with Crippen molar-refractivity contribution in [2.24, 2.45) is 0 Å². The fourth-order valence-electron chi connectivity index (χ4n) is 1.82. The molecule has 2 aliphatic heterocycles. The Bertz CT molecular complexity index is 145.